The van der Waals surface area contributed by atoms with Crippen LogP contribution in [0.4, 0.5) is 11.5 Å². The van der Waals surface area contributed by atoms with E-state index in [1.54, 1.807) is 0 Å². The highest BCUT2D eigenvalue weighted by atomic mass is 15.0. The maximum absolute atomic E-state index is 5.77. The maximum Gasteiger partial charge on any atom is 0.126 e. The number of rotatable bonds is 2. The normalized spacial score (nSPS) is 23.4. The summed E-state index contributed by atoms with van der Waals surface area (Å²) in [4.78, 5) is 4.48. The van der Waals surface area contributed by atoms with Gasteiger partial charge >= 0.3 is 0 Å². The lowest BCUT2D eigenvalue weighted by atomic mass is 9.75. The first kappa shape index (κ1) is 12.2. The van der Waals surface area contributed by atoms with Gasteiger partial charge in [0.05, 0.1) is 11.4 Å². The van der Waals surface area contributed by atoms with Crippen LogP contribution >= 0.6 is 0 Å². The van der Waals surface area contributed by atoms with Crippen LogP contribution in [0, 0.1) is 12.3 Å². The highest BCUT2D eigenvalue weighted by molar-refractivity contribution is 5.49. The molecule has 94 valence electrons. The van der Waals surface area contributed by atoms with Crippen molar-refractivity contribution in [3.05, 3.63) is 17.8 Å². The number of aromatic nitrogens is 1. The Labute approximate surface area is 104 Å². The van der Waals surface area contributed by atoms with E-state index >= 15 is 0 Å². The van der Waals surface area contributed by atoms with E-state index < -0.39 is 0 Å². The number of nitrogen functional groups attached to an aromatic ring is 1. The number of anilines is 2. The molecule has 1 aliphatic carbocycles. The standard InChI is InChI=1S/C14H23N3/c1-10-12(15)6-7-13(16-10)17-11-5-4-8-14(2,3)9-11/h6-7,11H,4-5,8-9,15H2,1-3H3,(H,16,17). The Morgan fingerprint density at radius 3 is 2.82 bits per heavy atom. The van der Waals surface area contributed by atoms with Gasteiger partial charge in [-0.1, -0.05) is 20.3 Å². The van der Waals surface area contributed by atoms with E-state index in [4.69, 9.17) is 5.73 Å². The second kappa shape index (κ2) is 4.55. The fraction of sp³-hybridized carbons (Fsp3) is 0.643. The molecule has 0 radical (unpaired) electrons. The molecule has 1 saturated carbocycles. The summed E-state index contributed by atoms with van der Waals surface area (Å²) < 4.78 is 0. The van der Waals surface area contributed by atoms with Gasteiger partial charge in [0.15, 0.2) is 0 Å². The van der Waals surface area contributed by atoms with Gasteiger partial charge < -0.3 is 11.1 Å². The minimum atomic E-state index is 0.457. The summed E-state index contributed by atoms with van der Waals surface area (Å²) in [6.45, 7) is 6.65. The summed E-state index contributed by atoms with van der Waals surface area (Å²) in [5.41, 5.74) is 7.90. The summed E-state index contributed by atoms with van der Waals surface area (Å²) >= 11 is 0. The molecule has 1 aromatic rings. The van der Waals surface area contributed by atoms with Gasteiger partial charge in [0.1, 0.15) is 5.82 Å². The van der Waals surface area contributed by atoms with Crippen molar-refractivity contribution in [2.75, 3.05) is 11.1 Å². The van der Waals surface area contributed by atoms with Gasteiger partial charge in [-0.25, -0.2) is 4.98 Å². The highest BCUT2D eigenvalue weighted by Gasteiger charge is 2.27. The Morgan fingerprint density at radius 1 is 1.41 bits per heavy atom. The Morgan fingerprint density at radius 2 is 2.18 bits per heavy atom. The summed E-state index contributed by atoms with van der Waals surface area (Å²) in [5.74, 6) is 0.958. The molecule has 0 saturated heterocycles. The van der Waals surface area contributed by atoms with E-state index in [-0.39, 0.29) is 0 Å². The first-order valence-electron chi connectivity index (χ1n) is 6.46. The summed E-state index contributed by atoms with van der Waals surface area (Å²) in [5, 5.41) is 3.54. The molecule has 0 bridgehead atoms. The molecule has 2 rings (SSSR count). The van der Waals surface area contributed by atoms with E-state index in [9.17, 15) is 0 Å². The molecule has 0 amide bonds. The quantitative estimate of drug-likeness (QED) is 0.823. The molecule has 3 N–H and O–H groups in total. The average Bonchev–Trinajstić information content (AvgIpc) is 2.22. The van der Waals surface area contributed by atoms with Crippen molar-refractivity contribution in [2.24, 2.45) is 5.41 Å². The van der Waals surface area contributed by atoms with Gasteiger partial charge in [-0.05, 0) is 43.7 Å². The number of nitrogens with one attached hydrogen (secondary N) is 1. The van der Waals surface area contributed by atoms with Crippen LogP contribution in [0.3, 0.4) is 0 Å². The molecule has 3 nitrogen and oxygen atoms in total. The highest BCUT2D eigenvalue weighted by Crippen LogP contribution is 2.36. The monoisotopic (exact) mass is 233 g/mol. The number of aryl methyl sites for hydroxylation is 1. The fourth-order valence-electron chi connectivity index (χ4n) is 2.68. The number of pyridine rings is 1. The third-order valence-corrected chi connectivity index (χ3v) is 3.68. The van der Waals surface area contributed by atoms with Crippen molar-refractivity contribution in [1.29, 1.82) is 0 Å². The molecule has 17 heavy (non-hydrogen) atoms. The van der Waals surface area contributed by atoms with E-state index in [0.717, 1.165) is 17.2 Å². The number of nitrogens with two attached hydrogens (primary N) is 1. The minimum absolute atomic E-state index is 0.457. The first-order chi connectivity index (χ1) is 7.96. The molecule has 1 atom stereocenters. The van der Waals surface area contributed by atoms with Crippen LogP contribution < -0.4 is 11.1 Å². The van der Waals surface area contributed by atoms with E-state index in [2.05, 4.69) is 24.1 Å². The fourth-order valence-corrected chi connectivity index (χ4v) is 2.68. The van der Waals surface area contributed by atoms with Crippen molar-refractivity contribution >= 4 is 11.5 Å². The van der Waals surface area contributed by atoms with E-state index in [1.165, 1.54) is 25.7 Å². The van der Waals surface area contributed by atoms with Crippen LogP contribution in [-0.2, 0) is 0 Å². The molecule has 0 aliphatic heterocycles. The zero-order valence-corrected chi connectivity index (χ0v) is 11.1. The number of hydrogen-bond donors (Lipinski definition) is 2. The Bertz CT molecular complexity index is 398. The van der Waals surface area contributed by atoms with Crippen molar-refractivity contribution in [3.63, 3.8) is 0 Å². The maximum atomic E-state index is 5.77. The van der Waals surface area contributed by atoms with Gasteiger partial charge in [0.25, 0.3) is 0 Å². The van der Waals surface area contributed by atoms with Crippen molar-refractivity contribution < 1.29 is 0 Å². The molecular weight excluding hydrogens is 210 g/mol. The third-order valence-electron chi connectivity index (χ3n) is 3.68. The van der Waals surface area contributed by atoms with Crippen molar-refractivity contribution in [1.82, 2.24) is 4.98 Å². The lowest BCUT2D eigenvalue weighted by Gasteiger charge is -2.35. The van der Waals surface area contributed by atoms with Crippen LogP contribution in [0.1, 0.15) is 45.2 Å². The van der Waals surface area contributed by atoms with Gasteiger partial charge in [-0.15, -0.1) is 0 Å². The van der Waals surface area contributed by atoms with Crippen molar-refractivity contribution in [2.45, 2.75) is 52.5 Å². The third kappa shape index (κ3) is 3.11. The summed E-state index contributed by atoms with van der Waals surface area (Å²) in [6, 6.07) is 4.46. The predicted molar refractivity (Wildman–Crippen MR) is 73.0 cm³/mol. The minimum Gasteiger partial charge on any atom is -0.397 e. The average molecular weight is 233 g/mol. The molecule has 1 aliphatic rings. The summed E-state index contributed by atoms with van der Waals surface area (Å²) in [7, 11) is 0. The van der Waals surface area contributed by atoms with Crippen molar-refractivity contribution in [3.8, 4) is 0 Å². The van der Waals surface area contributed by atoms with Gasteiger partial charge in [0.2, 0.25) is 0 Å². The number of nitrogens with zero attached hydrogens (tertiary/aromatic N) is 1. The molecule has 3 heteroatoms. The van der Waals surface area contributed by atoms with E-state index in [0.29, 0.717) is 11.5 Å². The molecule has 0 spiro atoms. The molecule has 1 heterocycles. The molecular formula is C14H23N3. The largest absolute Gasteiger partial charge is 0.397 e. The molecule has 1 unspecified atom stereocenters. The van der Waals surface area contributed by atoms with Crippen LogP contribution in [0.25, 0.3) is 0 Å². The SMILES string of the molecule is Cc1nc(NC2CCCC(C)(C)C2)ccc1N. The Kier molecular flexibility index (Phi) is 3.27. The van der Waals surface area contributed by atoms with Gasteiger partial charge in [-0.3, -0.25) is 0 Å². The molecule has 1 fully saturated rings. The van der Waals surface area contributed by atoms with Gasteiger partial charge in [-0.2, -0.15) is 0 Å². The first-order valence-corrected chi connectivity index (χ1v) is 6.46. The zero-order chi connectivity index (χ0) is 12.5. The predicted octanol–water partition coefficient (Wildman–Crippen LogP) is 3.35. The second-order valence-electron chi connectivity index (χ2n) is 5.97. The van der Waals surface area contributed by atoms with E-state index in [1.807, 2.05) is 19.1 Å². The van der Waals surface area contributed by atoms with Crippen LogP contribution in [0.2, 0.25) is 0 Å². The lowest BCUT2D eigenvalue weighted by molar-refractivity contribution is 0.229. The molecule has 1 aromatic heterocycles. The second-order valence-corrected chi connectivity index (χ2v) is 5.97. The van der Waals surface area contributed by atoms with Crippen LogP contribution in [-0.4, -0.2) is 11.0 Å². The Balaban J connectivity index is 2.03. The number of hydrogen-bond acceptors (Lipinski definition) is 3. The van der Waals surface area contributed by atoms with Crippen LogP contribution in [0.15, 0.2) is 12.1 Å². The Hall–Kier alpha value is -1.25. The summed E-state index contributed by atoms with van der Waals surface area (Å²) in [6.07, 6.45) is 5.10. The topological polar surface area (TPSA) is 50.9 Å². The van der Waals surface area contributed by atoms with Gasteiger partial charge in [0, 0.05) is 6.04 Å². The lowest BCUT2D eigenvalue weighted by Crippen LogP contribution is -2.32. The molecule has 0 aromatic carbocycles. The van der Waals surface area contributed by atoms with Crippen LogP contribution in [0.5, 0.6) is 0 Å². The zero-order valence-electron chi connectivity index (χ0n) is 11.1. The smallest absolute Gasteiger partial charge is 0.126 e.